The molecular weight excluding hydrogens is 411 g/mol. The lowest BCUT2D eigenvalue weighted by atomic mass is 10.0. The van der Waals surface area contributed by atoms with Gasteiger partial charge in [-0.15, -0.1) is 0 Å². The molecule has 3 aromatic heterocycles. The molecule has 0 unspecified atom stereocenters. The number of nitrogens with zero attached hydrogens (tertiary/aromatic N) is 4. The molecule has 166 valence electrons. The fourth-order valence-electron chi connectivity index (χ4n) is 2.71. The monoisotopic (exact) mass is 435 g/mol. The molecule has 2 N–H and O–H groups in total. The largest absolute Gasteiger partial charge is 0.439 e. The van der Waals surface area contributed by atoms with Crippen LogP contribution >= 0.6 is 0 Å². The topological polar surface area (TPSA) is 85.1 Å². The van der Waals surface area contributed by atoms with Crippen molar-refractivity contribution >= 4 is 11.5 Å². The van der Waals surface area contributed by atoms with Crippen molar-refractivity contribution in [3.63, 3.8) is 0 Å². The third kappa shape index (κ3) is 5.52. The van der Waals surface area contributed by atoms with Crippen molar-refractivity contribution in [1.82, 2.24) is 19.7 Å². The molecule has 7 nitrogen and oxygen atoms in total. The molecule has 0 aliphatic rings. The van der Waals surface area contributed by atoms with Crippen LogP contribution in [0.1, 0.15) is 46.0 Å². The molecule has 0 atom stereocenters. The molecule has 10 heteroatoms. The first kappa shape index (κ1) is 22.5. The van der Waals surface area contributed by atoms with Gasteiger partial charge < -0.3 is 15.2 Å². The van der Waals surface area contributed by atoms with E-state index in [1.807, 2.05) is 0 Å². The Hall–Kier alpha value is -3.14. The highest BCUT2D eigenvalue weighted by Crippen LogP contribution is 2.35. The van der Waals surface area contributed by atoms with Crippen LogP contribution < -0.4 is 10.1 Å². The van der Waals surface area contributed by atoms with Crippen molar-refractivity contribution in [2.75, 3.05) is 5.32 Å². The number of aliphatic hydroxyl groups is 1. The van der Waals surface area contributed by atoms with E-state index in [9.17, 15) is 18.3 Å². The number of rotatable bonds is 5. The van der Waals surface area contributed by atoms with Gasteiger partial charge in [-0.25, -0.2) is 9.67 Å². The van der Waals surface area contributed by atoms with Gasteiger partial charge in [0.05, 0.1) is 11.2 Å². The van der Waals surface area contributed by atoms with E-state index >= 15 is 0 Å². The standard InChI is InChI=1S/C21H24F3N5O2/c1-19(2,3)29-18(12-16(28-29)21(22,23)24)31-14-7-9-26-17(11-14)27-13-6-8-25-15(10-13)20(4,5)30/h6-12,30H,1-5H3,(H,25,26,27). The molecular formula is C21H24F3N5O2. The lowest BCUT2D eigenvalue weighted by Crippen LogP contribution is -2.24. The Bertz CT molecular complexity index is 1070. The molecule has 31 heavy (non-hydrogen) atoms. The Kier molecular flexibility index (Phi) is 5.70. The van der Waals surface area contributed by atoms with Crippen molar-refractivity contribution in [3.8, 4) is 11.6 Å². The molecule has 3 aromatic rings. The Labute approximate surface area is 177 Å². The molecule has 0 saturated carbocycles. The third-order valence-corrected chi connectivity index (χ3v) is 4.22. The van der Waals surface area contributed by atoms with Crippen LogP contribution in [0.2, 0.25) is 0 Å². The maximum absolute atomic E-state index is 13.2. The molecule has 0 radical (unpaired) electrons. The average molecular weight is 435 g/mol. The molecule has 0 fully saturated rings. The maximum atomic E-state index is 13.2. The summed E-state index contributed by atoms with van der Waals surface area (Å²) in [5, 5.41) is 16.9. The second-order valence-electron chi connectivity index (χ2n) is 8.54. The first-order valence-corrected chi connectivity index (χ1v) is 9.51. The summed E-state index contributed by atoms with van der Waals surface area (Å²) in [4.78, 5) is 8.35. The van der Waals surface area contributed by atoms with Crippen LogP contribution in [-0.2, 0) is 17.3 Å². The molecule has 0 aromatic carbocycles. The van der Waals surface area contributed by atoms with Crippen molar-refractivity contribution < 1.29 is 23.0 Å². The van der Waals surface area contributed by atoms with Crippen LogP contribution in [0.25, 0.3) is 0 Å². The molecule has 3 rings (SSSR count). The average Bonchev–Trinajstić information content (AvgIpc) is 3.06. The number of ether oxygens (including phenoxy) is 1. The van der Waals surface area contributed by atoms with Gasteiger partial charge in [0.2, 0.25) is 5.88 Å². The molecule has 0 saturated heterocycles. The van der Waals surface area contributed by atoms with Crippen LogP contribution in [0.3, 0.4) is 0 Å². The van der Waals surface area contributed by atoms with Gasteiger partial charge in [-0.1, -0.05) is 0 Å². The fourth-order valence-corrected chi connectivity index (χ4v) is 2.71. The minimum absolute atomic E-state index is 0.0368. The minimum Gasteiger partial charge on any atom is -0.439 e. The van der Waals surface area contributed by atoms with E-state index in [4.69, 9.17) is 4.74 Å². The minimum atomic E-state index is -4.58. The van der Waals surface area contributed by atoms with Crippen molar-refractivity contribution in [3.05, 3.63) is 54.1 Å². The summed E-state index contributed by atoms with van der Waals surface area (Å²) in [7, 11) is 0. The Morgan fingerprint density at radius 1 is 0.935 bits per heavy atom. The normalized spacial score (nSPS) is 12.7. The van der Waals surface area contributed by atoms with E-state index in [1.165, 1.54) is 16.9 Å². The zero-order chi connectivity index (χ0) is 23.0. The lowest BCUT2D eigenvalue weighted by molar-refractivity contribution is -0.141. The second kappa shape index (κ2) is 7.84. The summed E-state index contributed by atoms with van der Waals surface area (Å²) >= 11 is 0. The number of anilines is 2. The van der Waals surface area contributed by atoms with Crippen LogP contribution in [-0.4, -0.2) is 24.9 Å². The molecule has 0 aliphatic carbocycles. The fraction of sp³-hybridized carbons (Fsp3) is 0.381. The zero-order valence-electron chi connectivity index (χ0n) is 17.8. The smallest absolute Gasteiger partial charge is 0.435 e. The summed E-state index contributed by atoms with van der Waals surface area (Å²) in [5.74, 6) is 0.654. The molecule has 0 amide bonds. The third-order valence-electron chi connectivity index (χ3n) is 4.22. The molecule has 0 spiro atoms. The number of hydrogen-bond donors (Lipinski definition) is 2. The molecule has 0 aliphatic heterocycles. The Balaban J connectivity index is 1.87. The van der Waals surface area contributed by atoms with Gasteiger partial charge in [-0.05, 0) is 52.8 Å². The zero-order valence-corrected chi connectivity index (χ0v) is 17.8. The van der Waals surface area contributed by atoms with Crippen LogP contribution in [0, 0.1) is 0 Å². The van der Waals surface area contributed by atoms with Crippen LogP contribution in [0.4, 0.5) is 24.7 Å². The number of halogens is 3. The van der Waals surface area contributed by atoms with Gasteiger partial charge in [0.1, 0.15) is 17.2 Å². The van der Waals surface area contributed by atoms with E-state index in [1.54, 1.807) is 59.0 Å². The number of alkyl halides is 3. The molecule has 3 heterocycles. The summed E-state index contributed by atoms with van der Waals surface area (Å²) in [6.07, 6.45) is -1.56. The van der Waals surface area contributed by atoms with Gasteiger partial charge in [0.25, 0.3) is 0 Å². The summed E-state index contributed by atoms with van der Waals surface area (Å²) in [5.41, 5.74) is -1.76. The van der Waals surface area contributed by atoms with Crippen LogP contribution in [0.5, 0.6) is 11.6 Å². The highest BCUT2D eigenvalue weighted by Gasteiger charge is 2.37. The van der Waals surface area contributed by atoms with Crippen molar-refractivity contribution in [1.29, 1.82) is 0 Å². The van der Waals surface area contributed by atoms with Gasteiger partial charge in [-0.3, -0.25) is 4.98 Å². The Morgan fingerprint density at radius 2 is 1.61 bits per heavy atom. The number of pyridine rings is 2. The predicted molar refractivity (Wildman–Crippen MR) is 109 cm³/mol. The summed E-state index contributed by atoms with van der Waals surface area (Å²) in [6, 6.07) is 7.34. The highest BCUT2D eigenvalue weighted by molar-refractivity contribution is 5.57. The Morgan fingerprint density at radius 3 is 2.23 bits per heavy atom. The SMILES string of the molecule is CC(C)(O)c1cc(Nc2cc(Oc3cc(C(F)(F)F)nn3C(C)(C)C)ccn2)ccn1. The van der Waals surface area contributed by atoms with Gasteiger partial charge >= 0.3 is 6.18 Å². The van der Waals surface area contributed by atoms with Crippen molar-refractivity contribution in [2.45, 2.75) is 51.9 Å². The first-order chi connectivity index (χ1) is 14.2. The maximum Gasteiger partial charge on any atom is 0.435 e. The predicted octanol–water partition coefficient (Wildman–Crippen LogP) is 5.21. The number of nitrogens with one attached hydrogen (secondary N) is 1. The van der Waals surface area contributed by atoms with E-state index in [2.05, 4.69) is 20.4 Å². The summed E-state index contributed by atoms with van der Waals surface area (Å²) in [6.45, 7) is 8.45. The second-order valence-corrected chi connectivity index (χ2v) is 8.54. The highest BCUT2D eigenvalue weighted by atomic mass is 19.4. The van der Waals surface area contributed by atoms with Gasteiger partial charge in [-0.2, -0.15) is 18.3 Å². The van der Waals surface area contributed by atoms with E-state index < -0.39 is 23.0 Å². The van der Waals surface area contributed by atoms with Crippen LogP contribution in [0.15, 0.2) is 42.7 Å². The number of hydrogen-bond acceptors (Lipinski definition) is 6. The van der Waals surface area contributed by atoms with Crippen molar-refractivity contribution in [2.24, 2.45) is 0 Å². The lowest BCUT2D eigenvalue weighted by Gasteiger charge is -2.22. The number of aromatic nitrogens is 4. The van der Waals surface area contributed by atoms with Gasteiger partial charge in [0.15, 0.2) is 5.69 Å². The first-order valence-electron chi connectivity index (χ1n) is 9.51. The quantitative estimate of drug-likeness (QED) is 0.572. The van der Waals surface area contributed by atoms with Gasteiger partial charge in [0, 0.05) is 30.2 Å². The van der Waals surface area contributed by atoms with E-state index in [0.29, 0.717) is 17.2 Å². The van der Waals surface area contributed by atoms with E-state index in [0.717, 1.165) is 6.07 Å². The molecule has 0 bridgehead atoms. The summed E-state index contributed by atoms with van der Waals surface area (Å²) < 4.78 is 46.4. The van der Waals surface area contributed by atoms with E-state index in [-0.39, 0.29) is 11.6 Å².